The third-order valence-corrected chi connectivity index (χ3v) is 19.5. The van der Waals surface area contributed by atoms with Crippen molar-refractivity contribution in [3.63, 3.8) is 0 Å². The Labute approximate surface area is 656 Å². The first-order valence-corrected chi connectivity index (χ1v) is 45.4. The number of carbonyl (C=O) groups is 4. The lowest BCUT2D eigenvalue weighted by Gasteiger charge is -2.21. The van der Waals surface area contributed by atoms with E-state index in [4.69, 9.17) is 37.0 Å². The summed E-state index contributed by atoms with van der Waals surface area (Å²) in [5.41, 5.74) is 0. The molecule has 3 N–H and O–H groups in total. The molecule has 0 amide bonds. The van der Waals surface area contributed by atoms with E-state index < -0.39 is 97.5 Å². The SMILES string of the molecule is CC/C=C\C/C=C\C/C=C\C/C=C\C/C=C\CCCCCC(=O)OC[C@H](COP(=O)(O)OC[C@@H](O)COP(=O)(O)OC[C@@H](COC(=O)CCCCCCCCC/C=C\CCCCCC)OC(=O)CCCCCCCCCCCCCCCCC)OC(=O)CCCCC/C=C\C/C=C\C/C=C\C/C=C\C/C=C\CC. The van der Waals surface area contributed by atoms with Crippen LogP contribution in [-0.4, -0.2) is 96.7 Å². The number of aliphatic hydroxyl groups is 1. The highest BCUT2D eigenvalue weighted by Crippen LogP contribution is 2.45. The molecule has 0 aliphatic carbocycles. The Kier molecular flexibility index (Phi) is 76.7. The fraction of sp³-hybridized carbons (Fsp3) is 0.708. The monoisotopic (exact) mass is 1560 g/mol. The zero-order valence-corrected chi connectivity index (χ0v) is 69.8. The first-order chi connectivity index (χ1) is 52.7. The van der Waals surface area contributed by atoms with Gasteiger partial charge in [-0.05, 0) is 141 Å². The molecule has 0 saturated heterocycles. The molecular weight excluding hydrogens is 1400 g/mol. The van der Waals surface area contributed by atoms with Gasteiger partial charge in [0.15, 0.2) is 12.2 Å². The number of unbranched alkanes of at least 4 members (excludes halogenated alkanes) is 31. The molecule has 108 heavy (non-hydrogen) atoms. The van der Waals surface area contributed by atoms with Gasteiger partial charge in [-0.2, -0.15) is 0 Å². The average molecular weight is 1560 g/mol. The van der Waals surface area contributed by atoms with E-state index in [9.17, 15) is 43.2 Å². The maximum Gasteiger partial charge on any atom is 0.472 e. The summed E-state index contributed by atoms with van der Waals surface area (Å²) in [6.45, 7) is 4.61. The van der Waals surface area contributed by atoms with E-state index in [2.05, 4.69) is 161 Å². The normalized spacial score (nSPS) is 14.5. The molecule has 19 heteroatoms. The first-order valence-electron chi connectivity index (χ1n) is 42.4. The lowest BCUT2D eigenvalue weighted by Crippen LogP contribution is -2.30. The number of allylic oxidation sites excluding steroid dienone is 22. The molecule has 0 saturated carbocycles. The smallest absolute Gasteiger partial charge is 0.462 e. The molecule has 0 radical (unpaired) electrons. The van der Waals surface area contributed by atoms with Crippen molar-refractivity contribution in [2.24, 2.45) is 0 Å². The van der Waals surface area contributed by atoms with Gasteiger partial charge in [-0.15, -0.1) is 0 Å². The molecule has 0 spiro atoms. The molecule has 0 rings (SSSR count). The van der Waals surface area contributed by atoms with Crippen LogP contribution in [0.3, 0.4) is 0 Å². The van der Waals surface area contributed by atoms with E-state index in [0.717, 1.165) is 167 Å². The van der Waals surface area contributed by atoms with E-state index >= 15 is 0 Å². The average Bonchev–Trinajstić information content (AvgIpc) is 0.896. The van der Waals surface area contributed by atoms with Crippen LogP contribution in [0.4, 0.5) is 0 Å². The molecule has 0 aliphatic heterocycles. The van der Waals surface area contributed by atoms with Crippen molar-refractivity contribution in [2.75, 3.05) is 39.6 Å². The minimum absolute atomic E-state index is 0.0448. The molecule has 0 fully saturated rings. The fourth-order valence-electron chi connectivity index (χ4n) is 11.2. The second-order valence-electron chi connectivity index (χ2n) is 28.0. The Morgan fingerprint density at radius 2 is 0.481 bits per heavy atom. The fourth-order valence-corrected chi connectivity index (χ4v) is 12.8. The first kappa shape index (κ1) is 103. The van der Waals surface area contributed by atoms with Gasteiger partial charge in [-0.25, -0.2) is 9.13 Å². The van der Waals surface area contributed by atoms with Gasteiger partial charge in [0.25, 0.3) is 0 Å². The Hall–Kier alpha value is -4.80. The van der Waals surface area contributed by atoms with Gasteiger partial charge >= 0.3 is 39.5 Å². The third kappa shape index (κ3) is 79.3. The largest absolute Gasteiger partial charge is 0.472 e. The second kappa shape index (κ2) is 80.3. The van der Waals surface area contributed by atoms with E-state index in [0.29, 0.717) is 25.7 Å². The third-order valence-electron chi connectivity index (χ3n) is 17.6. The zero-order valence-electron chi connectivity index (χ0n) is 68.0. The number of ether oxygens (including phenoxy) is 4. The predicted molar refractivity (Wildman–Crippen MR) is 445 cm³/mol. The molecule has 5 atom stereocenters. The number of phosphoric acid groups is 2. The minimum atomic E-state index is -5.00. The molecule has 0 heterocycles. The van der Waals surface area contributed by atoms with Gasteiger partial charge in [0, 0.05) is 25.7 Å². The summed E-state index contributed by atoms with van der Waals surface area (Å²) < 4.78 is 68.8. The van der Waals surface area contributed by atoms with Gasteiger partial charge in [-0.3, -0.25) is 37.3 Å². The molecule has 0 bridgehead atoms. The second-order valence-corrected chi connectivity index (χ2v) is 30.9. The van der Waals surface area contributed by atoms with Gasteiger partial charge in [0.1, 0.15) is 19.3 Å². The number of hydrogen-bond acceptors (Lipinski definition) is 15. The standard InChI is InChI=1S/C89H152O17P2/c1-5-9-13-17-21-25-29-33-37-39-41-43-47-50-54-58-62-66-70-74-87(92)100-80-85(106-89(94)76-72-68-64-60-56-52-48-44-42-40-38-34-30-26-22-18-14-10-6-2)82-104-108(97,98)102-78-83(90)77-101-107(95,96)103-81-84(105-88(93)75-71-67-63-59-55-51-46-36-32-28-24-20-16-12-8-4)79-99-86(91)73-69-65-61-57-53-49-45-35-31-27-23-19-15-11-7-3/h9-10,13-14,21-22,25-27,31,33-34,37-38,41-44,50,52,54,56,83-85,90H,5-8,11-12,15-20,23-24,28-30,32,35-36,39-40,45-49,51,53,55,57-82H2,1-4H3,(H,95,96)(H,97,98)/b13-9-,14-10-,25-21-,26-22-,31-27-,37-33-,38-34-,43-41-,44-42-,54-50-,56-52-/t83-,84+,85+/m0/s1. The number of aliphatic hydroxyl groups excluding tert-OH is 1. The number of rotatable bonds is 79. The van der Waals surface area contributed by atoms with Crippen LogP contribution in [0.5, 0.6) is 0 Å². The highest BCUT2D eigenvalue weighted by molar-refractivity contribution is 7.47. The van der Waals surface area contributed by atoms with Crippen molar-refractivity contribution in [2.45, 2.75) is 367 Å². The predicted octanol–water partition coefficient (Wildman–Crippen LogP) is 25.2. The molecular formula is C89H152O17P2. The Morgan fingerprint density at radius 3 is 0.769 bits per heavy atom. The summed E-state index contributed by atoms with van der Waals surface area (Å²) in [6, 6.07) is 0. The Morgan fingerprint density at radius 1 is 0.269 bits per heavy atom. The maximum absolute atomic E-state index is 13.1. The molecule has 620 valence electrons. The Bertz CT molecular complexity index is 2560. The number of hydrogen-bond donors (Lipinski definition) is 3. The van der Waals surface area contributed by atoms with Crippen LogP contribution in [0.1, 0.15) is 349 Å². The van der Waals surface area contributed by atoms with Crippen LogP contribution in [0.15, 0.2) is 134 Å². The Balaban J connectivity index is 5.44. The van der Waals surface area contributed by atoms with Crippen molar-refractivity contribution in [3.05, 3.63) is 134 Å². The van der Waals surface area contributed by atoms with Crippen LogP contribution < -0.4 is 0 Å². The lowest BCUT2D eigenvalue weighted by atomic mass is 10.0. The van der Waals surface area contributed by atoms with Gasteiger partial charge in [0.05, 0.1) is 26.4 Å². The van der Waals surface area contributed by atoms with Crippen molar-refractivity contribution >= 4 is 39.5 Å². The summed E-state index contributed by atoms with van der Waals surface area (Å²) in [5, 5.41) is 10.7. The van der Waals surface area contributed by atoms with Crippen LogP contribution >= 0.6 is 15.6 Å². The maximum atomic E-state index is 13.1. The molecule has 2 unspecified atom stereocenters. The van der Waals surface area contributed by atoms with E-state index in [-0.39, 0.29) is 25.7 Å². The van der Waals surface area contributed by atoms with Crippen LogP contribution in [0.2, 0.25) is 0 Å². The summed E-state index contributed by atoms with van der Waals surface area (Å²) in [7, 11) is -9.99. The van der Waals surface area contributed by atoms with Crippen LogP contribution in [0, 0.1) is 0 Å². The molecule has 0 aromatic carbocycles. The van der Waals surface area contributed by atoms with Gasteiger partial charge in [-0.1, -0.05) is 315 Å². The summed E-state index contributed by atoms with van der Waals surface area (Å²) in [5.74, 6) is -2.24. The van der Waals surface area contributed by atoms with Crippen molar-refractivity contribution in [1.82, 2.24) is 0 Å². The number of esters is 4. The molecule has 0 aliphatic rings. The van der Waals surface area contributed by atoms with Gasteiger partial charge < -0.3 is 33.8 Å². The highest BCUT2D eigenvalue weighted by atomic mass is 31.2. The lowest BCUT2D eigenvalue weighted by molar-refractivity contribution is -0.161. The quantitative estimate of drug-likeness (QED) is 0.0169. The molecule has 0 aromatic rings. The number of phosphoric ester groups is 2. The van der Waals surface area contributed by atoms with E-state index in [1.165, 1.54) is 103 Å². The summed E-state index contributed by atoms with van der Waals surface area (Å²) in [6.07, 6.45) is 91.3. The van der Waals surface area contributed by atoms with Crippen molar-refractivity contribution in [3.8, 4) is 0 Å². The van der Waals surface area contributed by atoms with Gasteiger partial charge in [0.2, 0.25) is 0 Å². The topological polar surface area (TPSA) is 237 Å². The van der Waals surface area contributed by atoms with Crippen LogP contribution in [0.25, 0.3) is 0 Å². The summed E-state index contributed by atoms with van der Waals surface area (Å²) >= 11 is 0. The molecule has 17 nitrogen and oxygen atoms in total. The van der Waals surface area contributed by atoms with E-state index in [1.807, 2.05) is 0 Å². The highest BCUT2D eigenvalue weighted by Gasteiger charge is 2.30. The zero-order chi connectivity index (χ0) is 78.9. The van der Waals surface area contributed by atoms with E-state index in [1.54, 1.807) is 0 Å². The van der Waals surface area contributed by atoms with Crippen molar-refractivity contribution < 1.29 is 80.2 Å². The number of carbonyl (C=O) groups excluding carboxylic acids is 4. The molecule has 0 aromatic heterocycles. The van der Waals surface area contributed by atoms with Crippen LogP contribution in [-0.2, 0) is 65.4 Å². The van der Waals surface area contributed by atoms with Crippen molar-refractivity contribution in [1.29, 1.82) is 0 Å². The summed E-state index contributed by atoms with van der Waals surface area (Å²) in [4.78, 5) is 73.2. The minimum Gasteiger partial charge on any atom is -0.462 e.